The number of ether oxygens (including phenoxy) is 2. The van der Waals surface area contributed by atoms with Crippen LogP contribution in [0.5, 0.6) is 5.75 Å². The van der Waals surface area contributed by atoms with E-state index in [1.54, 1.807) is 31.2 Å². The summed E-state index contributed by atoms with van der Waals surface area (Å²) < 4.78 is 36.8. The first-order valence-electron chi connectivity index (χ1n) is 8.82. The third-order valence-electron chi connectivity index (χ3n) is 4.18. The Morgan fingerprint density at radius 2 is 1.97 bits per heavy atom. The van der Waals surface area contributed by atoms with Crippen LogP contribution in [-0.4, -0.2) is 37.0 Å². The van der Waals surface area contributed by atoms with Crippen molar-refractivity contribution in [2.45, 2.75) is 19.4 Å². The molecule has 29 heavy (non-hydrogen) atoms. The van der Waals surface area contributed by atoms with E-state index in [9.17, 15) is 23.2 Å². The maximum Gasteiger partial charge on any atom is 0.308 e. The van der Waals surface area contributed by atoms with Gasteiger partial charge in [0.2, 0.25) is 0 Å². The van der Waals surface area contributed by atoms with Gasteiger partial charge in [0, 0.05) is 12.6 Å². The molecule has 2 aromatic rings. The lowest BCUT2D eigenvalue weighted by molar-refractivity contribution is -0.147. The van der Waals surface area contributed by atoms with Crippen molar-refractivity contribution in [2.75, 3.05) is 23.4 Å². The van der Waals surface area contributed by atoms with Crippen LogP contribution in [0.15, 0.2) is 42.5 Å². The molecule has 0 saturated heterocycles. The lowest BCUT2D eigenvalue weighted by Gasteiger charge is -2.32. The van der Waals surface area contributed by atoms with Crippen molar-refractivity contribution in [3.63, 3.8) is 0 Å². The number of hydrogen-bond acceptors (Lipinski definition) is 5. The Kier molecular flexibility index (Phi) is 6.06. The number of para-hydroxylation sites is 2. The average Bonchev–Trinajstić information content (AvgIpc) is 2.69. The SMILES string of the molecule is CC1Oc2ccccc2N(CCC(=O)OCC(=O)Nc2ccc(F)cc2F)C1=O. The lowest BCUT2D eigenvalue weighted by Crippen LogP contribution is -2.45. The molecular weight excluding hydrogens is 386 g/mol. The minimum absolute atomic E-state index is 0.0522. The highest BCUT2D eigenvalue weighted by molar-refractivity contribution is 6.00. The fraction of sp³-hybridized carbons (Fsp3) is 0.250. The van der Waals surface area contributed by atoms with Crippen molar-refractivity contribution >= 4 is 29.2 Å². The second kappa shape index (κ2) is 8.68. The summed E-state index contributed by atoms with van der Waals surface area (Å²) in [6.07, 6.45) is -0.831. The number of benzene rings is 2. The highest BCUT2D eigenvalue weighted by Crippen LogP contribution is 2.33. The first kappa shape index (κ1) is 20.2. The number of carbonyl (C=O) groups is 3. The van der Waals surface area contributed by atoms with E-state index >= 15 is 0 Å². The highest BCUT2D eigenvalue weighted by Gasteiger charge is 2.31. The number of halogens is 2. The molecule has 2 aromatic carbocycles. The molecule has 0 radical (unpaired) electrons. The molecule has 1 unspecified atom stereocenters. The standard InChI is InChI=1S/C20H18F2N2O5/c1-12-20(27)24(16-4-2-3-5-17(16)29-12)9-8-19(26)28-11-18(25)23-15-7-6-13(21)10-14(15)22/h2-7,10,12H,8-9,11H2,1H3,(H,23,25). The van der Waals surface area contributed by atoms with Gasteiger partial charge in [-0.05, 0) is 31.2 Å². The van der Waals surface area contributed by atoms with E-state index in [-0.39, 0.29) is 24.6 Å². The van der Waals surface area contributed by atoms with Gasteiger partial charge in [0.15, 0.2) is 12.7 Å². The van der Waals surface area contributed by atoms with E-state index in [0.717, 1.165) is 12.1 Å². The largest absolute Gasteiger partial charge is 0.479 e. The van der Waals surface area contributed by atoms with Crippen LogP contribution in [0.2, 0.25) is 0 Å². The van der Waals surface area contributed by atoms with Gasteiger partial charge >= 0.3 is 5.97 Å². The predicted molar refractivity (Wildman–Crippen MR) is 99.4 cm³/mol. The zero-order valence-electron chi connectivity index (χ0n) is 15.5. The fourth-order valence-electron chi connectivity index (χ4n) is 2.79. The molecule has 1 aliphatic heterocycles. The Balaban J connectivity index is 1.51. The maximum atomic E-state index is 13.5. The molecule has 7 nitrogen and oxygen atoms in total. The van der Waals surface area contributed by atoms with E-state index in [0.29, 0.717) is 17.5 Å². The van der Waals surface area contributed by atoms with Gasteiger partial charge < -0.3 is 19.7 Å². The number of anilines is 2. The number of hydrogen-bond donors (Lipinski definition) is 1. The molecule has 1 N–H and O–H groups in total. The van der Waals surface area contributed by atoms with Crippen LogP contribution in [0.4, 0.5) is 20.2 Å². The Morgan fingerprint density at radius 1 is 1.21 bits per heavy atom. The smallest absolute Gasteiger partial charge is 0.308 e. The monoisotopic (exact) mass is 404 g/mol. The normalized spacial score (nSPS) is 15.3. The molecule has 0 aliphatic carbocycles. The third-order valence-corrected chi connectivity index (χ3v) is 4.18. The van der Waals surface area contributed by atoms with E-state index < -0.39 is 36.2 Å². The molecule has 0 spiro atoms. The van der Waals surface area contributed by atoms with Crippen molar-refractivity contribution in [1.29, 1.82) is 0 Å². The minimum atomic E-state index is -0.941. The van der Waals surface area contributed by atoms with Crippen molar-refractivity contribution in [3.05, 3.63) is 54.1 Å². The van der Waals surface area contributed by atoms with Crippen LogP contribution in [-0.2, 0) is 19.1 Å². The molecule has 1 heterocycles. The van der Waals surface area contributed by atoms with Gasteiger partial charge in [0.25, 0.3) is 11.8 Å². The molecule has 1 atom stereocenters. The third kappa shape index (κ3) is 4.87. The van der Waals surface area contributed by atoms with Crippen LogP contribution in [0.3, 0.4) is 0 Å². The average molecular weight is 404 g/mol. The Bertz CT molecular complexity index is 950. The molecular formula is C20H18F2N2O5. The summed E-state index contributed by atoms with van der Waals surface area (Å²) >= 11 is 0. The number of amides is 2. The van der Waals surface area contributed by atoms with E-state index in [1.165, 1.54) is 4.90 Å². The molecule has 1 aliphatic rings. The molecule has 0 saturated carbocycles. The second-order valence-corrected chi connectivity index (χ2v) is 6.30. The minimum Gasteiger partial charge on any atom is -0.479 e. The van der Waals surface area contributed by atoms with Gasteiger partial charge in [0.05, 0.1) is 17.8 Å². The summed E-state index contributed by atoms with van der Waals surface area (Å²) in [6, 6.07) is 9.62. The molecule has 3 rings (SSSR count). The topological polar surface area (TPSA) is 84.9 Å². The quantitative estimate of drug-likeness (QED) is 0.749. The van der Waals surface area contributed by atoms with Gasteiger partial charge in [-0.3, -0.25) is 14.4 Å². The fourth-order valence-corrected chi connectivity index (χ4v) is 2.79. The zero-order valence-corrected chi connectivity index (χ0v) is 15.5. The summed E-state index contributed by atoms with van der Waals surface area (Å²) in [7, 11) is 0. The Hall–Kier alpha value is -3.49. The van der Waals surface area contributed by atoms with Crippen LogP contribution < -0.4 is 15.0 Å². The molecule has 0 aromatic heterocycles. The summed E-state index contributed by atoms with van der Waals surface area (Å²) in [4.78, 5) is 37.5. The molecule has 2 amide bonds. The van der Waals surface area contributed by atoms with Gasteiger partial charge in [-0.2, -0.15) is 0 Å². The first-order chi connectivity index (χ1) is 13.8. The van der Waals surface area contributed by atoms with Crippen LogP contribution >= 0.6 is 0 Å². The van der Waals surface area contributed by atoms with Gasteiger partial charge in [-0.1, -0.05) is 12.1 Å². The summed E-state index contributed by atoms with van der Waals surface area (Å²) in [5.41, 5.74) is 0.324. The summed E-state index contributed by atoms with van der Waals surface area (Å²) in [5, 5.41) is 2.19. The van der Waals surface area contributed by atoms with Gasteiger partial charge in [0.1, 0.15) is 17.4 Å². The second-order valence-electron chi connectivity index (χ2n) is 6.30. The van der Waals surface area contributed by atoms with Gasteiger partial charge in [-0.15, -0.1) is 0 Å². The Labute approximate surface area is 165 Å². The highest BCUT2D eigenvalue weighted by atomic mass is 19.1. The number of carbonyl (C=O) groups excluding carboxylic acids is 3. The van der Waals surface area contributed by atoms with Crippen molar-refractivity contribution < 1.29 is 32.6 Å². The lowest BCUT2D eigenvalue weighted by atomic mass is 10.2. The number of rotatable bonds is 6. The van der Waals surface area contributed by atoms with Crippen molar-refractivity contribution in [1.82, 2.24) is 0 Å². The number of nitrogens with zero attached hydrogens (tertiary/aromatic N) is 1. The zero-order chi connectivity index (χ0) is 21.0. The summed E-state index contributed by atoms with van der Waals surface area (Å²) in [6.45, 7) is 1.03. The number of fused-ring (bicyclic) bond motifs is 1. The van der Waals surface area contributed by atoms with E-state index in [1.807, 2.05) is 0 Å². The summed E-state index contributed by atoms with van der Waals surface area (Å²) in [5.74, 6) is -2.95. The van der Waals surface area contributed by atoms with Crippen molar-refractivity contribution in [3.8, 4) is 5.75 Å². The Morgan fingerprint density at radius 3 is 2.72 bits per heavy atom. The van der Waals surface area contributed by atoms with E-state index in [4.69, 9.17) is 9.47 Å². The molecule has 0 bridgehead atoms. The number of esters is 1. The van der Waals surface area contributed by atoms with Crippen LogP contribution in [0.1, 0.15) is 13.3 Å². The predicted octanol–water partition coefficient (Wildman–Crippen LogP) is 2.65. The molecule has 152 valence electrons. The van der Waals surface area contributed by atoms with Gasteiger partial charge in [-0.25, -0.2) is 8.78 Å². The van der Waals surface area contributed by atoms with Crippen LogP contribution in [0.25, 0.3) is 0 Å². The van der Waals surface area contributed by atoms with Crippen molar-refractivity contribution in [2.24, 2.45) is 0 Å². The molecule has 0 fully saturated rings. The first-order valence-corrected chi connectivity index (χ1v) is 8.82. The maximum absolute atomic E-state index is 13.5. The molecule has 9 heteroatoms. The van der Waals surface area contributed by atoms with Crippen LogP contribution in [0, 0.1) is 11.6 Å². The van der Waals surface area contributed by atoms with E-state index in [2.05, 4.69) is 5.32 Å². The number of nitrogens with one attached hydrogen (secondary N) is 1.